The summed E-state index contributed by atoms with van der Waals surface area (Å²) in [6.07, 6.45) is 5.44. The molecule has 2 spiro atoms. The molecule has 2 bridgehead atoms. The van der Waals surface area contributed by atoms with Crippen molar-refractivity contribution < 1.29 is 19.1 Å². The van der Waals surface area contributed by atoms with Gasteiger partial charge >= 0.3 is 5.97 Å². The van der Waals surface area contributed by atoms with Crippen LogP contribution in [-0.4, -0.2) is 23.6 Å². The molecule has 5 aliphatic rings. The molecule has 0 N–H and O–H groups in total. The molecule has 4 fully saturated rings. The first-order valence-corrected chi connectivity index (χ1v) is 7.47. The Labute approximate surface area is 117 Å². The lowest BCUT2D eigenvalue weighted by atomic mass is 9.47. The number of allylic oxidation sites excluding steroid dienone is 1. The van der Waals surface area contributed by atoms with Crippen molar-refractivity contribution in [3.8, 4) is 0 Å². The maximum absolute atomic E-state index is 12.7. The molecule has 4 heteroatoms. The first kappa shape index (κ1) is 12.3. The van der Waals surface area contributed by atoms with Crippen LogP contribution in [0.5, 0.6) is 0 Å². The molecule has 1 saturated heterocycles. The van der Waals surface area contributed by atoms with Crippen LogP contribution < -0.4 is 0 Å². The van der Waals surface area contributed by atoms with Gasteiger partial charge in [-0.2, -0.15) is 0 Å². The molecule has 0 aromatic rings. The third-order valence-electron chi connectivity index (χ3n) is 6.07. The summed E-state index contributed by atoms with van der Waals surface area (Å²) in [6.45, 7) is 1.75. The highest BCUT2D eigenvalue weighted by Crippen LogP contribution is 2.65. The van der Waals surface area contributed by atoms with Crippen LogP contribution in [0.1, 0.15) is 45.4 Å². The number of hydrogen-bond acceptors (Lipinski definition) is 4. The zero-order valence-electron chi connectivity index (χ0n) is 11.6. The molecule has 5 rings (SSSR count). The van der Waals surface area contributed by atoms with E-state index >= 15 is 0 Å². The van der Waals surface area contributed by atoms with E-state index in [1.165, 1.54) is 0 Å². The van der Waals surface area contributed by atoms with E-state index in [0.717, 1.165) is 19.3 Å². The Bertz CT molecular complexity index is 575. The van der Waals surface area contributed by atoms with Crippen LogP contribution in [0.4, 0.5) is 0 Å². The highest BCUT2D eigenvalue weighted by Gasteiger charge is 2.73. The lowest BCUT2D eigenvalue weighted by Gasteiger charge is -2.51. The Kier molecular flexibility index (Phi) is 2.21. The largest absolute Gasteiger partial charge is 0.461 e. The smallest absolute Gasteiger partial charge is 0.317 e. The summed E-state index contributed by atoms with van der Waals surface area (Å²) >= 11 is 0. The predicted molar refractivity (Wildman–Crippen MR) is 69.7 cm³/mol. The molecule has 0 aromatic heterocycles. The van der Waals surface area contributed by atoms with Gasteiger partial charge in [0.1, 0.15) is 17.3 Å². The summed E-state index contributed by atoms with van der Waals surface area (Å²) in [4.78, 5) is 37.1. The Morgan fingerprint density at radius 1 is 1.25 bits per heavy atom. The van der Waals surface area contributed by atoms with Crippen molar-refractivity contribution in [2.75, 3.05) is 0 Å². The van der Waals surface area contributed by atoms with Crippen molar-refractivity contribution in [1.29, 1.82) is 0 Å². The van der Waals surface area contributed by atoms with Crippen molar-refractivity contribution >= 4 is 17.5 Å². The van der Waals surface area contributed by atoms with E-state index in [-0.39, 0.29) is 23.6 Å². The highest BCUT2D eigenvalue weighted by atomic mass is 16.6. The zero-order valence-corrected chi connectivity index (χ0v) is 11.6. The fourth-order valence-corrected chi connectivity index (χ4v) is 5.03. The SMILES string of the molecule is CC1=C[C@]2(CCC1=O)C(=O)O[C@H]1CC3CC[C@@]12C(=O)C3. The molecule has 20 heavy (non-hydrogen) atoms. The molecule has 106 valence electrons. The van der Waals surface area contributed by atoms with Gasteiger partial charge in [0.15, 0.2) is 5.78 Å². The Hall–Kier alpha value is -1.45. The summed E-state index contributed by atoms with van der Waals surface area (Å²) in [7, 11) is 0. The fourth-order valence-electron chi connectivity index (χ4n) is 5.03. The Morgan fingerprint density at radius 2 is 2.05 bits per heavy atom. The van der Waals surface area contributed by atoms with Gasteiger partial charge in [0.05, 0.1) is 5.41 Å². The van der Waals surface area contributed by atoms with E-state index in [0.29, 0.717) is 30.8 Å². The lowest BCUT2D eigenvalue weighted by molar-refractivity contribution is -0.152. The molecular weight excluding hydrogens is 256 g/mol. The number of ether oxygens (including phenoxy) is 1. The standard InChI is InChI=1S/C16H18O4/c1-9-8-15(4-3-11(9)17)14(19)20-13-7-10-2-5-16(13,15)12(18)6-10/h8,10,13H,2-7H2,1H3/t10?,13-,15+,16+/m0/s1. The number of hydrogen-bond donors (Lipinski definition) is 0. The summed E-state index contributed by atoms with van der Waals surface area (Å²) in [6, 6.07) is 0. The number of ketones is 2. The first-order valence-electron chi connectivity index (χ1n) is 7.47. The van der Waals surface area contributed by atoms with Crippen molar-refractivity contribution in [3.05, 3.63) is 11.6 Å². The number of fused-ring (bicyclic) bond motifs is 2. The predicted octanol–water partition coefficient (Wildman–Crippen LogP) is 1.97. The van der Waals surface area contributed by atoms with Crippen LogP contribution in [-0.2, 0) is 19.1 Å². The van der Waals surface area contributed by atoms with Crippen LogP contribution >= 0.6 is 0 Å². The molecule has 1 heterocycles. The van der Waals surface area contributed by atoms with E-state index in [9.17, 15) is 14.4 Å². The third kappa shape index (κ3) is 1.17. The molecule has 0 amide bonds. The number of carbonyl (C=O) groups excluding carboxylic acids is 3. The summed E-state index contributed by atoms with van der Waals surface area (Å²) < 4.78 is 5.62. The number of esters is 1. The molecule has 1 unspecified atom stereocenters. The average Bonchev–Trinajstić information content (AvgIpc) is 2.65. The Morgan fingerprint density at radius 3 is 2.75 bits per heavy atom. The van der Waals surface area contributed by atoms with Gasteiger partial charge in [-0.3, -0.25) is 14.4 Å². The minimum Gasteiger partial charge on any atom is -0.461 e. The normalized spacial score (nSPS) is 46.5. The lowest BCUT2D eigenvalue weighted by Crippen LogP contribution is -2.58. The van der Waals surface area contributed by atoms with E-state index in [2.05, 4.69) is 0 Å². The second kappa shape index (κ2) is 3.60. The molecule has 0 aromatic carbocycles. The van der Waals surface area contributed by atoms with Crippen molar-refractivity contribution in [2.45, 2.75) is 51.6 Å². The van der Waals surface area contributed by atoms with Crippen molar-refractivity contribution in [2.24, 2.45) is 16.7 Å². The second-order valence-corrected chi connectivity index (χ2v) is 6.85. The van der Waals surface area contributed by atoms with Gasteiger partial charge in [-0.25, -0.2) is 0 Å². The molecule has 3 saturated carbocycles. The molecular formula is C16H18O4. The minimum atomic E-state index is -0.863. The van der Waals surface area contributed by atoms with Crippen LogP contribution in [0.2, 0.25) is 0 Å². The minimum absolute atomic E-state index is 0.0835. The van der Waals surface area contributed by atoms with Crippen LogP contribution in [0.3, 0.4) is 0 Å². The molecule has 4 atom stereocenters. The quantitative estimate of drug-likeness (QED) is 0.634. The van der Waals surface area contributed by atoms with E-state index in [1.807, 2.05) is 0 Å². The van der Waals surface area contributed by atoms with E-state index in [4.69, 9.17) is 4.74 Å². The van der Waals surface area contributed by atoms with Gasteiger partial charge in [-0.1, -0.05) is 6.08 Å². The van der Waals surface area contributed by atoms with Gasteiger partial charge in [-0.05, 0) is 44.1 Å². The van der Waals surface area contributed by atoms with Crippen LogP contribution in [0.15, 0.2) is 11.6 Å². The highest BCUT2D eigenvalue weighted by molar-refractivity contribution is 6.03. The van der Waals surface area contributed by atoms with Gasteiger partial charge in [0.25, 0.3) is 0 Å². The topological polar surface area (TPSA) is 60.4 Å². The van der Waals surface area contributed by atoms with E-state index < -0.39 is 10.8 Å². The Balaban J connectivity index is 1.92. The monoisotopic (exact) mass is 274 g/mol. The van der Waals surface area contributed by atoms with Gasteiger partial charge < -0.3 is 4.74 Å². The van der Waals surface area contributed by atoms with Crippen LogP contribution in [0.25, 0.3) is 0 Å². The van der Waals surface area contributed by atoms with Crippen molar-refractivity contribution in [3.63, 3.8) is 0 Å². The average molecular weight is 274 g/mol. The van der Waals surface area contributed by atoms with Gasteiger partial charge in [0, 0.05) is 12.8 Å². The van der Waals surface area contributed by atoms with Crippen LogP contribution in [0, 0.1) is 16.7 Å². The molecule has 1 aliphatic heterocycles. The number of carbonyl (C=O) groups is 3. The first-order chi connectivity index (χ1) is 9.49. The summed E-state index contributed by atoms with van der Waals surface area (Å²) in [5.41, 5.74) is -0.928. The summed E-state index contributed by atoms with van der Waals surface area (Å²) in [5, 5.41) is 0. The van der Waals surface area contributed by atoms with Gasteiger partial charge in [0.2, 0.25) is 0 Å². The van der Waals surface area contributed by atoms with Crippen molar-refractivity contribution in [1.82, 2.24) is 0 Å². The molecule has 4 nitrogen and oxygen atoms in total. The zero-order chi connectivity index (χ0) is 14.1. The second-order valence-electron chi connectivity index (χ2n) is 6.85. The van der Waals surface area contributed by atoms with E-state index in [1.54, 1.807) is 13.0 Å². The molecule has 4 aliphatic carbocycles. The number of rotatable bonds is 0. The fraction of sp³-hybridized carbons (Fsp3) is 0.688. The molecule has 0 radical (unpaired) electrons. The number of Topliss-reactive ketones (excluding diaryl/α,β-unsaturated/α-hetero) is 2. The maximum Gasteiger partial charge on any atom is 0.317 e. The maximum atomic E-state index is 12.7. The summed E-state index contributed by atoms with van der Waals surface area (Å²) in [5.74, 6) is 0.382. The third-order valence-corrected chi connectivity index (χ3v) is 6.07. The van der Waals surface area contributed by atoms with Gasteiger partial charge in [-0.15, -0.1) is 0 Å².